The van der Waals surface area contributed by atoms with Crippen molar-refractivity contribution in [1.29, 1.82) is 0 Å². The summed E-state index contributed by atoms with van der Waals surface area (Å²) in [6, 6.07) is 6.91. The van der Waals surface area contributed by atoms with Gasteiger partial charge in [0.1, 0.15) is 11.6 Å². The quantitative estimate of drug-likeness (QED) is 0.771. The van der Waals surface area contributed by atoms with Crippen molar-refractivity contribution in [3.63, 3.8) is 0 Å². The second kappa shape index (κ2) is 6.17. The van der Waals surface area contributed by atoms with E-state index in [2.05, 4.69) is 5.32 Å². The van der Waals surface area contributed by atoms with Gasteiger partial charge in [-0.3, -0.25) is 4.79 Å². The summed E-state index contributed by atoms with van der Waals surface area (Å²) >= 11 is 1.93. The highest BCUT2D eigenvalue weighted by molar-refractivity contribution is 14.1. The summed E-state index contributed by atoms with van der Waals surface area (Å²) in [6.07, 6.45) is 0. The molecule has 0 saturated carbocycles. The van der Waals surface area contributed by atoms with Gasteiger partial charge in [0.15, 0.2) is 0 Å². The number of halogens is 3. The molecule has 0 radical (unpaired) electrons. The van der Waals surface area contributed by atoms with Crippen LogP contribution >= 0.6 is 22.6 Å². The molecule has 21 heavy (non-hydrogen) atoms. The van der Waals surface area contributed by atoms with Gasteiger partial charge in [-0.15, -0.1) is 0 Å². The molecule has 0 aliphatic rings. The number of anilines is 1. The van der Waals surface area contributed by atoms with E-state index in [-0.39, 0.29) is 16.8 Å². The standard InChI is InChI=1S/C14H8F2INO3/c15-7-1-3-9(11(16)5-7)13(19)18-12-4-2-8(17)6-10(12)14(20)21/h1-6H,(H,18,19)(H,20,21). The fourth-order valence-electron chi connectivity index (χ4n) is 1.67. The zero-order chi connectivity index (χ0) is 15.6. The third-order valence-electron chi connectivity index (χ3n) is 2.64. The molecule has 2 aromatic rings. The van der Waals surface area contributed by atoms with Gasteiger partial charge in [-0.05, 0) is 52.9 Å². The van der Waals surface area contributed by atoms with Crippen LogP contribution in [0.15, 0.2) is 36.4 Å². The number of amides is 1. The second-order valence-electron chi connectivity index (χ2n) is 4.07. The number of hydrogen-bond donors (Lipinski definition) is 2. The van der Waals surface area contributed by atoms with Crippen molar-refractivity contribution < 1.29 is 23.5 Å². The SMILES string of the molecule is O=C(Nc1ccc(I)cc1C(=O)O)c1ccc(F)cc1F. The van der Waals surface area contributed by atoms with Crippen LogP contribution < -0.4 is 5.32 Å². The Kier molecular flexibility index (Phi) is 4.51. The number of nitrogens with one attached hydrogen (secondary N) is 1. The zero-order valence-electron chi connectivity index (χ0n) is 10.4. The maximum absolute atomic E-state index is 13.5. The van der Waals surface area contributed by atoms with E-state index < -0.39 is 23.5 Å². The molecule has 0 bridgehead atoms. The molecule has 7 heteroatoms. The fraction of sp³-hybridized carbons (Fsp3) is 0. The number of carbonyl (C=O) groups is 2. The lowest BCUT2D eigenvalue weighted by Crippen LogP contribution is -2.16. The first-order chi connectivity index (χ1) is 9.88. The Morgan fingerprint density at radius 1 is 1.05 bits per heavy atom. The third-order valence-corrected chi connectivity index (χ3v) is 3.31. The molecule has 2 aromatic carbocycles. The minimum Gasteiger partial charge on any atom is -0.478 e. The number of benzene rings is 2. The molecule has 2 N–H and O–H groups in total. The molecule has 0 aliphatic carbocycles. The number of carbonyl (C=O) groups excluding carboxylic acids is 1. The van der Waals surface area contributed by atoms with Crippen molar-refractivity contribution in [2.24, 2.45) is 0 Å². The molecule has 2 rings (SSSR count). The van der Waals surface area contributed by atoms with E-state index >= 15 is 0 Å². The van der Waals surface area contributed by atoms with Gasteiger partial charge in [0, 0.05) is 9.64 Å². The van der Waals surface area contributed by atoms with E-state index in [0.717, 1.165) is 12.1 Å². The van der Waals surface area contributed by atoms with Crippen molar-refractivity contribution in [3.8, 4) is 0 Å². The molecule has 0 spiro atoms. The van der Waals surface area contributed by atoms with Gasteiger partial charge < -0.3 is 10.4 Å². The van der Waals surface area contributed by atoms with Crippen LogP contribution in [0.4, 0.5) is 14.5 Å². The predicted molar refractivity (Wildman–Crippen MR) is 80.4 cm³/mol. The van der Waals surface area contributed by atoms with E-state index in [0.29, 0.717) is 9.64 Å². The molecule has 0 atom stereocenters. The van der Waals surface area contributed by atoms with Gasteiger partial charge in [0.05, 0.1) is 16.8 Å². The summed E-state index contributed by atoms with van der Waals surface area (Å²) in [7, 11) is 0. The summed E-state index contributed by atoms with van der Waals surface area (Å²) in [5, 5.41) is 11.4. The Morgan fingerprint density at radius 2 is 1.76 bits per heavy atom. The van der Waals surface area contributed by atoms with Crippen molar-refractivity contribution in [1.82, 2.24) is 0 Å². The van der Waals surface area contributed by atoms with Gasteiger partial charge in [0.2, 0.25) is 0 Å². The lowest BCUT2D eigenvalue weighted by atomic mass is 10.1. The highest BCUT2D eigenvalue weighted by Gasteiger charge is 2.16. The number of carboxylic acids is 1. The molecule has 1 amide bonds. The molecule has 0 aliphatic heterocycles. The summed E-state index contributed by atoms with van der Waals surface area (Å²) < 4.78 is 27.0. The number of aromatic carboxylic acids is 1. The molecule has 0 aromatic heterocycles. The van der Waals surface area contributed by atoms with E-state index in [1.807, 2.05) is 22.6 Å². The lowest BCUT2D eigenvalue weighted by molar-refractivity contribution is 0.0698. The van der Waals surface area contributed by atoms with Crippen molar-refractivity contribution in [2.45, 2.75) is 0 Å². The highest BCUT2D eigenvalue weighted by Crippen LogP contribution is 2.20. The smallest absolute Gasteiger partial charge is 0.337 e. The van der Waals surface area contributed by atoms with Crippen LogP contribution in [0.1, 0.15) is 20.7 Å². The molecule has 0 heterocycles. The number of rotatable bonds is 3. The largest absolute Gasteiger partial charge is 0.478 e. The van der Waals surface area contributed by atoms with Gasteiger partial charge in [-0.2, -0.15) is 0 Å². The average molecular weight is 403 g/mol. The molecule has 0 saturated heterocycles. The normalized spacial score (nSPS) is 10.2. The maximum Gasteiger partial charge on any atom is 0.337 e. The van der Waals surface area contributed by atoms with Crippen LogP contribution in [0.25, 0.3) is 0 Å². The van der Waals surface area contributed by atoms with Gasteiger partial charge in [-0.25, -0.2) is 13.6 Å². The molecule has 108 valence electrons. The first kappa shape index (κ1) is 15.4. The van der Waals surface area contributed by atoms with Crippen LogP contribution in [0, 0.1) is 15.2 Å². The fourth-order valence-corrected chi connectivity index (χ4v) is 2.16. The van der Waals surface area contributed by atoms with Crippen LogP contribution in [0.2, 0.25) is 0 Å². The first-order valence-corrected chi connectivity index (χ1v) is 6.75. The minimum atomic E-state index is -1.22. The Labute approximate surface area is 131 Å². The molecular formula is C14H8F2INO3. The monoisotopic (exact) mass is 403 g/mol. The summed E-state index contributed by atoms with van der Waals surface area (Å²) in [5.41, 5.74) is -0.444. The van der Waals surface area contributed by atoms with E-state index in [4.69, 9.17) is 5.11 Å². The Balaban J connectivity index is 2.34. The first-order valence-electron chi connectivity index (χ1n) is 5.67. The Bertz CT molecular complexity index is 734. The topological polar surface area (TPSA) is 66.4 Å². The van der Waals surface area contributed by atoms with Crippen molar-refractivity contribution in [2.75, 3.05) is 5.32 Å². The second-order valence-corrected chi connectivity index (χ2v) is 5.32. The summed E-state index contributed by atoms with van der Waals surface area (Å²) in [5.74, 6) is -3.89. The molecule has 4 nitrogen and oxygen atoms in total. The van der Waals surface area contributed by atoms with Crippen LogP contribution in [0.5, 0.6) is 0 Å². The van der Waals surface area contributed by atoms with E-state index in [1.165, 1.54) is 12.1 Å². The lowest BCUT2D eigenvalue weighted by Gasteiger charge is -2.09. The van der Waals surface area contributed by atoms with Crippen molar-refractivity contribution >= 4 is 40.2 Å². The minimum absolute atomic E-state index is 0.0386. The van der Waals surface area contributed by atoms with Crippen LogP contribution in [-0.4, -0.2) is 17.0 Å². The maximum atomic E-state index is 13.5. The average Bonchev–Trinajstić information content (AvgIpc) is 2.40. The van der Waals surface area contributed by atoms with Gasteiger partial charge in [-0.1, -0.05) is 0 Å². The number of hydrogen-bond acceptors (Lipinski definition) is 2. The molecule has 0 unspecified atom stereocenters. The Hall–Kier alpha value is -2.03. The predicted octanol–water partition coefficient (Wildman–Crippen LogP) is 3.52. The highest BCUT2D eigenvalue weighted by atomic mass is 127. The zero-order valence-corrected chi connectivity index (χ0v) is 12.5. The van der Waals surface area contributed by atoms with E-state index in [9.17, 15) is 18.4 Å². The van der Waals surface area contributed by atoms with Gasteiger partial charge >= 0.3 is 5.97 Å². The van der Waals surface area contributed by atoms with Gasteiger partial charge in [0.25, 0.3) is 5.91 Å². The summed E-state index contributed by atoms with van der Waals surface area (Å²) in [6.45, 7) is 0. The van der Waals surface area contributed by atoms with Crippen LogP contribution in [0.3, 0.4) is 0 Å². The van der Waals surface area contributed by atoms with Crippen LogP contribution in [-0.2, 0) is 0 Å². The van der Waals surface area contributed by atoms with Crippen molar-refractivity contribution in [3.05, 3.63) is 62.7 Å². The molecular weight excluding hydrogens is 395 g/mol. The molecule has 0 fully saturated rings. The number of carboxylic acid groups (broad SMARTS) is 1. The Morgan fingerprint density at radius 3 is 2.38 bits per heavy atom. The third kappa shape index (κ3) is 3.54. The summed E-state index contributed by atoms with van der Waals surface area (Å²) in [4.78, 5) is 23.1. The van der Waals surface area contributed by atoms with E-state index in [1.54, 1.807) is 6.07 Å².